The van der Waals surface area contributed by atoms with Crippen molar-refractivity contribution in [1.82, 2.24) is 14.8 Å². The van der Waals surface area contributed by atoms with Crippen LogP contribution >= 0.6 is 0 Å². The molecule has 2 aromatic heterocycles. The number of rotatable bonds is 2. The summed E-state index contributed by atoms with van der Waals surface area (Å²) < 4.78 is 6.11. The fraction of sp³-hybridized carbons (Fsp3) is 0.154. The summed E-state index contributed by atoms with van der Waals surface area (Å²) in [5.74, 6) is 0.255. The zero-order valence-corrected chi connectivity index (χ0v) is 11.1. The van der Waals surface area contributed by atoms with Crippen LogP contribution in [-0.4, -0.2) is 40.4 Å². The Balaban J connectivity index is 2.53. The first-order chi connectivity index (χ1) is 9.67. The Morgan fingerprint density at radius 2 is 2.25 bits per heavy atom. The Kier molecular flexibility index (Phi) is 3.99. The first kappa shape index (κ1) is 13.6. The van der Waals surface area contributed by atoms with Crippen LogP contribution in [0.1, 0.15) is 5.56 Å². The fourth-order valence-corrected chi connectivity index (χ4v) is 1.54. The molecule has 20 heavy (non-hydrogen) atoms. The van der Waals surface area contributed by atoms with Gasteiger partial charge < -0.3 is 4.74 Å². The summed E-state index contributed by atoms with van der Waals surface area (Å²) in [4.78, 5) is 23.4. The molecule has 0 aromatic carbocycles. The molecule has 0 N–H and O–H groups in total. The van der Waals surface area contributed by atoms with Gasteiger partial charge in [-0.2, -0.15) is 9.78 Å². The van der Waals surface area contributed by atoms with E-state index in [4.69, 9.17) is 0 Å². The van der Waals surface area contributed by atoms with Gasteiger partial charge in [-0.1, -0.05) is 6.07 Å². The molecule has 0 atom stereocenters. The minimum atomic E-state index is -0.659. The average molecular weight is 271 g/mol. The maximum absolute atomic E-state index is 11.5. The number of pyridine rings is 1. The Morgan fingerprint density at radius 1 is 1.45 bits per heavy atom. The number of aliphatic imine (C=N–C) groups is 2. The Bertz CT molecular complexity index is 661. The molecule has 2 heterocycles. The summed E-state index contributed by atoms with van der Waals surface area (Å²) in [6.45, 7) is 5.14. The van der Waals surface area contributed by atoms with Crippen LogP contribution in [0.4, 0.5) is 5.82 Å². The van der Waals surface area contributed by atoms with Gasteiger partial charge in [0.15, 0.2) is 11.6 Å². The third-order valence-corrected chi connectivity index (χ3v) is 2.52. The molecule has 0 aliphatic heterocycles. The molecule has 0 spiro atoms. The molecule has 2 aromatic rings. The van der Waals surface area contributed by atoms with Crippen LogP contribution in [0.5, 0.6) is 0 Å². The van der Waals surface area contributed by atoms with Crippen molar-refractivity contribution >= 4 is 24.3 Å². The van der Waals surface area contributed by atoms with E-state index >= 15 is 0 Å². The second-order valence-corrected chi connectivity index (χ2v) is 3.84. The molecule has 7 nitrogen and oxygen atoms in total. The lowest BCUT2D eigenvalue weighted by Gasteiger charge is -2.04. The van der Waals surface area contributed by atoms with Gasteiger partial charge in [-0.25, -0.2) is 19.8 Å². The lowest BCUT2D eigenvalue weighted by molar-refractivity contribution is -0.132. The van der Waals surface area contributed by atoms with Crippen molar-refractivity contribution in [3.05, 3.63) is 36.2 Å². The van der Waals surface area contributed by atoms with E-state index in [0.717, 1.165) is 5.56 Å². The van der Waals surface area contributed by atoms with Gasteiger partial charge in [-0.05, 0) is 25.8 Å². The summed E-state index contributed by atoms with van der Waals surface area (Å²) in [6.07, 6.45) is 3.28. The Hall–Kier alpha value is -2.83. The van der Waals surface area contributed by atoms with Gasteiger partial charge in [0.25, 0.3) is 0 Å². The van der Waals surface area contributed by atoms with Crippen LogP contribution in [0.25, 0.3) is 5.82 Å². The summed E-state index contributed by atoms with van der Waals surface area (Å²) in [5, 5.41) is 4.19. The number of carbonyl (C=O) groups excluding carboxylic acids is 1. The highest BCUT2D eigenvalue weighted by Crippen LogP contribution is 2.21. The fourth-order valence-electron chi connectivity index (χ4n) is 1.54. The lowest BCUT2D eigenvalue weighted by atomic mass is 10.3. The van der Waals surface area contributed by atoms with Gasteiger partial charge in [0.05, 0.1) is 13.3 Å². The number of amidine groups is 1. The zero-order valence-electron chi connectivity index (χ0n) is 11.1. The predicted octanol–water partition coefficient (Wildman–Crippen LogP) is 1.48. The van der Waals surface area contributed by atoms with Crippen molar-refractivity contribution in [2.45, 2.75) is 6.92 Å². The molecule has 0 aliphatic carbocycles. The van der Waals surface area contributed by atoms with Crippen molar-refractivity contribution in [3.8, 4) is 5.82 Å². The standard InChI is InChI=1S/C13H13N5O2/c1-9-8-16-18(10-6-4-5-7-15-10)12(9)17-11(14-2)13(19)20-3/h4-8H,2H2,1,3H3/b17-11-. The topological polar surface area (TPSA) is 81.7 Å². The van der Waals surface area contributed by atoms with Gasteiger partial charge in [-0.3, -0.25) is 0 Å². The lowest BCUT2D eigenvalue weighted by Crippen LogP contribution is -2.13. The summed E-state index contributed by atoms with van der Waals surface area (Å²) in [6, 6.07) is 5.42. The van der Waals surface area contributed by atoms with Crippen molar-refractivity contribution in [3.63, 3.8) is 0 Å². The van der Waals surface area contributed by atoms with Crippen molar-refractivity contribution < 1.29 is 9.53 Å². The molecule has 0 unspecified atom stereocenters. The molecule has 0 bridgehead atoms. The first-order valence-electron chi connectivity index (χ1n) is 5.77. The Labute approximate surface area is 115 Å². The number of nitrogens with zero attached hydrogens (tertiary/aromatic N) is 5. The summed E-state index contributed by atoms with van der Waals surface area (Å²) in [5.41, 5.74) is 0.778. The predicted molar refractivity (Wildman–Crippen MR) is 74.8 cm³/mol. The quantitative estimate of drug-likeness (QED) is 0.470. The molecule has 0 aliphatic rings. The van der Waals surface area contributed by atoms with Crippen LogP contribution < -0.4 is 0 Å². The second kappa shape index (κ2) is 5.87. The van der Waals surface area contributed by atoms with E-state index in [2.05, 4.69) is 31.5 Å². The van der Waals surface area contributed by atoms with E-state index in [-0.39, 0.29) is 5.84 Å². The average Bonchev–Trinajstić information content (AvgIpc) is 2.85. The minimum Gasteiger partial charge on any atom is -0.463 e. The number of ether oxygens (including phenoxy) is 1. The van der Waals surface area contributed by atoms with Gasteiger partial charge in [0, 0.05) is 11.8 Å². The molecule has 0 saturated heterocycles. The van der Waals surface area contributed by atoms with E-state index in [1.165, 1.54) is 11.8 Å². The third kappa shape index (κ3) is 2.61. The van der Waals surface area contributed by atoms with Crippen molar-refractivity contribution in [1.29, 1.82) is 0 Å². The van der Waals surface area contributed by atoms with Crippen molar-refractivity contribution in [2.24, 2.45) is 9.98 Å². The number of aryl methyl sites for hydroxylation is 1. The van der Waals surface area contributed by atoms with E-state index in [0.29, 0.717) is 11.6 Å². The number of esters is 1. The maximum atomic E-state index is 11.5. The summed E-state index contributed by atoms with van der Waals surface area (Å²) in [7, 11) is 1.26. The van der Waals surface area contributed by atoms with Gasteiger partial charge >= 0.3 is 5.97 Å². The van der Waals surface area contributed by atoms with Crippen LogP contribution in [0.3, 0.4) is 0 Å². The van der Waals surface area contributed by atoms with E-state index in [9.17, 15) is 4.79 Å². The van der Waals surface area contributed by atoms with E-state index in [1.54, 1.807) is 24.5 Å². The number of aromatic nitrogens is 3. The number of hydrogen-bond donors (Lipinski definition) is 0. The van der Waals surface area contributed by atoms with E-state index in [1.807, 2.05) is 13.0 Å². The van der Waals surface area contributed by atoms with Gasteiger partial charge in [0.1, 0.15) is 0 Å². The molecule has 0 fully saturated rings. The van der Waals surface area contributed by atoms with Crippen molar-refractivity contribution in [2.75, 3.05) is 7.11 Å². The largest absolute Gasteiger partial charge is 0.463 e. The number of methoxy groups -OCH3 is 1. The van der Waals surface area contributed by atoms with Crippen LogP contribution in [0.15, 0.2) is 40.6 Å². The molecule has 0 saturated carbocycles. The highest BCUT2D eigenvalue weighted by molar-refractivity contribution is 6.37. The molecule has 2 rings (SSSR count). The zero-order chi connectivity index (χ0) is 14.5. The molecule has 102 valence electrons. The summed E-state index contributed by atoms with van der Waals surface area (Å²) >= 11 is 0. The molecule has 0 amide bonds. The number of hydrogen-bond acceptors (Lipinski definition) is 5. The van der Waals surface area contributed by atoms with Crippen LogP contribution in [-0.2, 0) is 9.53 Å². The molecular weight excluding hydrogens is 258 g/mol. The second-order valence-electron chi connectivity index (χ2n) is 3.84. The minimum absolute atomic E-state index is 0.131. The maximum Gasteiger partial charge on any atom is 0.376 e. The molecule has 7 heteroatoms. The van der Waals surface area contributed by atoms with Crippen LogP contribution in [0, 0.1) is 6.92 Å². The van der Waals surface area contributed by atoms with Gasteiger partial charge in [-0.15, -0.1) is 0 Å². The normalized spacial score (nSPS) is 11.2. The third-order valence-electron chi connectivity index (χ3n) is 2.52. The Morgan fingerprint density at radius 3 is 2.85 bits per heavy atom. The molecular formula is C13H13N5O2. The highest BCUT2D eigenvalue weighted by Gasteiger charge is 2.14. The highest BCUT2D eigenvalue weighted by atomic mass is 16.5. The molecule has 0 radical (unpaired) electrons. The first-order valence-corrected chi connectivity index (χ1v) is 5.77. The number of carbonyl (C=O) groups is 1. The van der Waals surface area contributed by atoms with Crippen LogP contribution in [0.2, 0.25) is 0 Å². The smallest absolute Gasteiger partial charge is 0.376 e. The SMILES string of the molecule is C=N/C(=N\c1c(C)cnn1-c1ccccn1)C(=O)OC. The van der Waals surface area contributed by atoms with Gasteiger partial charge in [0.2, 0.25) is 5.84 Å². The monoisotopic (exact) mass is 271 g/mol. The van der Waals surface area contributed by atoms with E-state index < -0.39 is 5.97 Å².